The zero-order valence-electron chi connectivity index (χ0n) is 13.5. The van der Waals surface area contributed by atoms with Gasteiger partial charge >= 0.3 is 6.36 Å². The Bertz CT molecular complexity index is 1120. The minimum Gasteiger partial charge on any atom is -0.406 e. The van der Waals surface area contributed by atoms with Gasteiger partial charge in [0, 0.05) is 27.9 Å². The minimum absolute atomic E-state index is 0.247. The molecule has 0 aliphatic rings. The number of benzene rings is 3. The van der Waals surface area contributed by atoms with E-state index in [1.165, 1.54) is 12.1 Å². The highest BCUT2D eigenvalue weighted by atomic mass is 79.9. The average molecular weight is 421 g/mol. The largest absolute Gasteiger partial charge is 0.573 e. The number of aromatic nitrogens is 2. The van der Waals surface area contributed by atoms with Gasteiger partial charge in [-0.25, -0.2) is 0 Å². The van der Waals surface area contributed by atoms with E-state index in [0.29, 0.717) is 0 Å². The lowest BCUT2D eigenvalue weighted by atomic mass is 10.0. The van der Waals surface area contributed by atoms with E-state index in [4.69, 9.17) is 0 Å². The zero-order valence-corrected chi connectivity index (χ0v) is 15.1. The Labute approximate surface area is 155 Å². The smallest absolute Gasteiger partial charge is 0.406 e. The molecule has 7 heteroatoms. The molecule has 4 rings (SSSR count). The second kappa shape index (κ2) is 6.02. The summed E-state index contributed by atoms with van der Waals surface area (Å²) in [6.45, 7) is 0. The van der Waals surface area contributed by atoms with Gasteiger partial charge in [0.25, 0.3) is 0 Å². The van der Waals surface area contributed by atoms with Crippen LogP contribution in [0.15, 0.2) is 59.1 Å². The van der Waals surface area contributed by atoms with Crippen molar-refractivity contribution in [3.05, 3.63) is 59.1 Å². The van der Waals surface area contributed by atoms with E-state index in [0.717, 1.165) is 37.4 Å². The van der Waals surface area contributed by atoms with Crippen LogP contribution in [0.4, 0.5) is 13.2 Å². The first kappa shape index (κ1) is 16.9. The van der Waals surface area contributed by atoms with E-state index >= 15 is 0 Å². The Morgan fingerprint density at radius 2 is 1.65 bits per heavy atom. The zero-order chi connectivity index (χ0) is 18.5. The topological polar surface area (TPSA) is 27.1 Å². The van der Waals surface area contributed by atoms with Gasteiger partial charge in [-0.15, -0.1) is 13.2 Å². The number of alkyl halides is 3. The monoisotopic (exact) mass is 420 g/mol. The standard InChI is InChI=1S/C19H12BrF3N2O/c1-25-18(11-2-6-14(7-3-11)26-19(21,22)23)16-8-4-12-10-13(20)5-9-15(12)17(16)24-25/h2-10H,1H3. The molecule has 4 aromatic rings. The first-order chi connectivity index (χ1) is 12.3. The minimum atomic E-state index is -4.70. The van der Waals surface area contributed by atoms with Crippen molar-refractivity contribution in [2.75, 3.05) is 0 Å². The van der Waals surface area contributed by atoms with Crippen molar-refractivity contribution in [1.82, 2.24) is 9.78 Å². The van der Waals surface area contributed by atoms with Crippen LogP contribution in [0.1, 0.15) is 0 Å². The highest BCUT2D eigenvalue weighted by Crippen LogP contribution is 2.34. The van der Waals surface area contributed by atoms with Gasteiger partial charge in [0.15, 0.2) is 0 Å². The van der Waals surface area contributed by atoms with Crippen LogP contribution in [-0.2, 0) is 7.05 Å². The molecule has 3 nitrogen and oxygen atoms in total. The normalized spacial score (nSPS) is 12.0. The molecule has 0 radical (unpaired) electrons. The van der Waals surface area contributed by atoms with E-state index in [9.17, 15) is 13.2 Å². The molecule has 0 atom stereocenters. The van der Waals surface area contributed by atoms with E-state index in [1.807, 2.05) is 37.4 Å². The van der Waals surface area contributed by atoms with Crippen LogP contribution in [0, 0.1) is 0 Å². The SMILES string of the molecule is Cn1nc2c(ccc3cc(Br)ccc32)c1-c1ccc(OC(F)(F)F)cc1. The van der Waals surface area contributed by atoms with Gasteiger partial charge in [-0.1, -0.05) is 28.1 Å². The predicted molar refractivity (Wildman–Crippen MR) is 98.0 cm³/mol. The number of fused-ring (bicyclic) bond motifs is 3. The Kier molecular flexibility index (Phi) is 3.91. The lowest BCUT2D eigenvalue weighted by molar-refractivity contribution is -0.274. The summed E-state index contributed by atoms with van der Waals surface area (Å²) in [4.78, 5) is 0. The van der Waals surface area contributed by atoms with Gasteiger partial charge in [-0.3, -0.25) is 4.68 Å². The first-order valence-electron chi connectivity index (χ1n) is 7.73. The lowest BCUT2D eigenvalue weighted by Gasteiger charge is -2.09. The van der Waals surface area contributed by atoms with Gasteiger partial charge in [0.2, 0.25) is 0 Å². The second-order valence-corrected chi connectivity index (χ2v) is 6.79. The van der Waals surface area contributed by atoms with E-state index in [-0.39, 0.29) is 5.75 Å². The molecule has 26 heavy (non-hydrogen) atoms. The molecule has 3 aromatic carbocycles. The third-order valence-corrected chi connectivity index (χ3v) is 4.64. The van der Waals surface area contributed by atoms with Crippen molar-refractivity contribution in [3.8, 4) is 17.0 Å². The summed E-state index contributed by atoms with van der Waals surface area (Å²) in [5.41, 5.74) is 2.45. The Morgan fingerprint density at radius 1 is 0.962 bits per heavy atom. The molecular formula is C19H12BrF3N2O. The van der Waals surface area contributed by atoms with Crippen molar-refractivity contribution >= 4 is 37.6 Å². The maximum atomic E-state index is 12.3. The van der Waals surface area contributed by atoms with Crippen LogP contribution < -0.4 is 4.74 Å². The number of ether oxygens (including phenoxy) is 1. The number of hydrogen-bond acceptors (Lipinski definition) is 2. The molecule has 0 N–H and O–H groups in total. The fraction of sp³-hybridized carbons (Fsp3) is 0.105. The highest BCUT2D eigenvalue weighted by molar-refractivity contribution is 9.10. The van der Waals surface area contributed by atoms with Gasteiger partial charge in [0.1, 0.15) is 11.3 Å². The van der Waals surface area contributed by atoms with Crippen LogP contribution in [0.25, 0.3) is 32.9 Å². The summed E-state index contributed by atoms with van der Waals surface area (Å²) in [7, 11) is 1.82. The number of nitrogens with zero attached hydrogens (tertiary/aromatic N) is 2. The fourth-order valence-electron chi connectivity index (χ4n) is 3.11. The van der Waals surface area contributed by atoms with Crippen molar-refractivity contribution in [2.24, 2.45) is 7.05 Å². The van der Waals surface area contributed by atoms with Gasteiger partial charge in [-0.05, 0) is 47.9 Å². The molecule has 0 amide bonds. The molecule has 0 aliphatic carbocycles. The average Bonchev–Trinajstić information content (AvgIpc) is 2.90. The first-order valence-corrected chi connectivity index (χ1v) is 8.52. The van der Waals surface area contributed by atoms with Crippen molar-refractivity contribution in [1.29, 1.82) is 0 Å². The molecule has 132 valence electrons. The molecule has 0 saturated carbocycles. The van der Waals surface area contributed by atoms with Crippen LogP contribution in [-0.4, -0.2) is 16.1 Å². The fourth-order valence-corrected chi connectivity index (χ4v) is 3.49. The van der Waals surface area contributed by atoms with Crippen molar-refractivity contribution < 1.29 is 17.9 Å². The summed E-state index contributed by atoms with van der Waals surface area (Å²) in [6.07, 6.45) is -4.70. The van der Waals surface area contributed by atoms with Crippen molar-refractivity contribution in [3.63, 3.8) is 0 Å². The summed E-state index contributed by atoms with van der Waals surface area (Å²) in [5, 5.41) is 7.63. The summed E-state index contributed by atoms with van der Waals surface area (Å²) in [5.74, 6) is -0.247. The molecule has 0 spiro atoms. The van der Waals surface area contributed by atoms with Crippen LogP contribution in [0.3, 0.4) is 0 Å². The molecule has 1 aromatic heterocycles. The van der Waals surface area contributed by atoms with Crippen LogP contribution in [0.2, 0.25) is 0 Å². The van der Waals surface area contributed by atoms with Gasteiger partial charge in [0.05, 0.1) is 5.69 Å². The molecular weight excluding hydrogens is 409 g/mol. The van der Waals surface area contributed by atoms with Crippen molar-refractivity contribution in [2.45, 2.75) is 6.36 Å². The summed E-state index contributed by atoms with van der Waals surface area (Å²) in [6, 6.07) is 15.8. The Morgan fingerprint density at radius 3 is 2.35 bits per heavy atom. The van der Waals surface area contributed by atoms with E-state index < -0.39 is 6.36 Å². The third-order valence-electron chi connectivity index (χ3n) is 4.14. The molecule has 0 unspecified atom stereocenters. The maximum absolute atomic E-state index is 12.3. The summed E-state index contributed by atoms with van der Waals surface area (Å²) >= 11 is 3.46. The number of aryl methyl sites for hydroxylation is 1. The second-order valence-electron chi connectivity index (χ2n) is 5.87. The Balaban J connectivity index is 1.84. The lowest BCUT2D eigenvalue weighted by Crippen LogP contribution is -2.16. The van der Waals surface area contributed by atoms with Crippen LogP contribution >= 0.6 is 15.9 Å². The molecule has 0 saturated heterocycles. The van der Waals surface area contributed by atoms with Gasteiger partial charge in [-0.2, -0.15) is 5.10 Å². The molecule has 0 fully saturated rings. The summed E-state index contributed by atoms with van der Waals surface area (Å²) < 4.78 is 43.6. The molecule has 0 aliphatic heterocycles. The third kappa shape index (κ3) is 3.03. The highest BCUT2D eigenvalue weighted by Gasteiger charge is 2.31. The Hall–Kier alpha value is -2.54. The van der Waals surface area contributed by atoms with Gasteiger partial charge < -0.3 is 4.74 Å². The molecule has 0 bridgehead atoms. The predicted octanol–water partition coefficient (Wildman–Crippen LogP) is 6.05. The maximum Gasteiger partial charge on any atom is 0.573 e. The molecule has 1 heterocycles. The number of hydrogen-bond donors (Lipinski definition) is 0. The van der Waals surface area contributed by atoms with Crippen LogP contribution in [0.5, 0.6) is 5.75 Å². The number of rotatable bonds is 2. The quantitative estimate of drug-likeness (QED) is 0.394. The number of halogens is 4. The van der Waals surface area contributed by atoms with E-state index in [1.54, 1.807) is 16.8 Å². The van der Waals surface area contributed by atoms with E-state index in [2.05, 4.69) is 25.8 Å².